The van der Waals surface area contributed by atoms with Gasteiger partial charge in [0.15, 0.2) is 0 Å². The van der Waals surface area contributed by atoms with Crippen LogP contribution in [0.5, 0.6) is 0 Å². The number of aryl methyl sites for hydroxylation is 1. The largest absolute Gasteiger partial charge is 0.322 e. The number of benzene rings is 2. The van der Waals surface area contributed by atoms with E-state index in [1.165, 1.54) is 0 Å². The number of anilines is 2. The van der Waals surface area contributed by atoms with Crippen molar-refractivity contribution in [3.8, 4) is 0 Å². The molecular weight excluding hydrogens is 416 g/mol. The van der Waals surface area contributed by atoms with Crippen LogP contribution in [0.3, 0.4) is 0 Å². The molecule has 0 fully saturated rings. The summed E-state index contributed by atoms with van der Waals surface area (Å²) < 4.78 is 0.784. The van der Waals surface area contributed by atoms with Gasteiger partial charge in [0.2, 0.25) is 5.91 Å². The molecule has 3 rings (SSSR count). The number of hydrogen-bond acceptors (Lipinski definition) is 2. The lowest BCUT2D eigenvalue weighted by Gasteiger charge is -2.31. The van der Waals surface area contributed by atoms with Gasteiger partial charge in [0.05, 0.1) is 10.6 Å². The molecule has 26 heavy (non-hydrogen) atoms. The maximum atomic E-state index is 12.6. The number of nitrogens with one attached hydrogen (secondary N) is 1. The summed E-state index contributed by atoms with van der Waals surface area (Å²) in [4.78, 5) is 26.9. The van der Waals surface area contributed by atoms with Crippen molar-refractivity contribution in [1.82, 2.24) is 0 Å². The van der Waals surface area contributed by atoms with Crippen molar-refractivity contribution in [3.05, 3.63) is 57.0 Å². The molecule has 1 N–H and O–H groups in total. The molecule has 0 unspecified atom stereocenters. The zero-order chi connectivity index (χ0) is 18.8. The SMILES string of the molecule is CC(C)C(=O)N1CCCc2ccc(NC(=O)c3cc(Br)ccc3Cl)cc21. The Hall–Kier alpha value is -1.85. The molecule has 0 spiro atoms. The first-order chi connectivity index (χ1) is 12.4. The lowest BCUT2D eigenvalue weighted by atomic mass is 9.99. The van der Waals surface area contributed by atoms with E-state index in [0.29, 0.717) is 22.8 Å². The first-order valence-corrected chi connectivity index (χ1v) is 9.74. The molecule has 0 saturated carbocycles. The van der Waals surface area contributed by atoms with Gasteiger partial charge in [-0.3, -0.25) is 9.59 Å². The van der Waals surface area contributed by atoms with Gasteiger partial charge in [-0.05, 0) is 48.7 Å². The Morgan fingerprint density at radius 1 is 1.19 bits per heavy atom. The van der Waals surface area contributed by atoms with E-state index in [2.05, 4.69) is 21.2 Å². The first-order valence-electron chi connectivity index (χ1n) is 8.57. The quantitative estimate of drug-likeness (QED) is 0.712. The predicted molar refractivity (Wildman–Crippen MR) is 109 cm³/mol. The van der Waals surface area contributed by atoms with Crippen LogP contribution in [0.2, 0.25) is 5.02 Å². The normalized spacial score (nSPS) is 13.5. The van der Waals surface area contributed by atoms with Crippen molar-refractivity contribution in [2.75, 3.05) is 16.8 Å². The third kappa shape index (κ3) is 3.94. The number of carbonyl (C=O) groups is 2. The average molecular weight is 436 g/mol. The van der Waals surface area contributed by atoms with Gasteiger partial charge < -0.3 is 10.2 Å². The molecule has 2 aromatic rings. The van der Waals surface area contributed by atoms with E-state index in [9.17, 15) is 9.59 Å². The summed E-state index contributed by atoms with van der Waals surface area (Å²) in [5, 5.41) is 3.27. The molecule has 1 aliphatic heterocycles. The molecule has 2 amide bonds. The van der Waals surface area contributed by atoms with Crippen molar-refractivity contribution in [2.24, 2.45) is 5.92 Å². The summed E-state index contributed by atoms with van der Waals surface area (Å²) in [6, 6.07) is 10.9. The summed E-state index contributed by atoms with van der Waals surface area (Å²) >= 11 is 9.49. The second-order valence-electron chi connectivity index (χ2n) is 6.67. The molecule has 1 aliphatic rings. The standard InChI is InChI=1S/C20H20BrClN2O2/c1-12(2)20(26)24-9-3-4-13-5-7-15(11-18(13)24)23-19(25)16-10-14(21)6-8-17(16)22/h5-8,10-12H,3-4,9H2,1-2H3,(H,23,25). The van der Waals surface area contributed by atoms with E-state index < -0.39 is 0 Å². The summed E-state index contributed by atoms with van der Waals surface area (Å²) in [5.41, 5.74) is 3.05. The van der Waals surface area contributed by atoms with Crippen molar-refractivity contribution in [1.29, 1.82) is 0 Å². The minimum absolute atomic E-state index is 0.0697. The molecule has 2 aromatic carbocycles. The lowest BCUT2D eigenvalue weighted by Crippen LogP contribution is -2.38. The summed E-state index contributed by atoms with van der Waals surface area (Å²) in [6.07, 6.45) is 1.88. The van der Waals surface area contributed by atoms with Crippen molar-refractivity contribution >= 4 is 50.7 Å². The molecule has 136 valence electrons. The molecule has 0 saturated heterocycles. The average Bonchev–Trinajstić information content (AvgIpc) is 2.62. The highest BCUT2D eigenvalue weighted by atomic mass is 79.9. The summed E-state index contributed by atoms with van der Waals surface area (Å²) in [7, 11) is 0. The van der Waals surface area contributed by atoms with E-state index in [1.807, 2.05) is 36.9 Å². The molecule has 4 nitrogen and oxygen atoms in total. The fourth-order valence-electron chi connectivity index (χ4n) is 3.06. The molecule has 6 heteroatoms. The Kier molecular flexibility index (Phi) is 5.68. The zero-order valence-electron chi connectivity index (χ0n) is 14.7. The first kappa shape index (κ1) is 18.9. The van der Waals surface area contributed by atoms with Crippen molar-refractivity contribution in [2.45, 2.75) is 26.7 Å². The minimum atomic E-state index is -0.284. The Balaban J connectivity index is 1.88. The maximum absolute atomic E-state index is 12.6. The summed E-state index contributed by atoms with van der Waals surface area (Å²) in [6.45, 7) is 4.51. The minimum Gasteiger partial charge on any atom is -0.322 e. The van der Waals surface area contributed by atoms with Gasteiger partial charge in [0.25, 0.3) is 5.91 Å². The van der Waals surface area contributed by atoms with Crippen LogP contribution >= 0.6 is 27.5 Å². The third-order valence-corrected chi connectivity index (χ3v) is 5.22. The third-order valence-electron chi connectivity index (χ3n) is 4.39. The zero-order valence-corrected chi connectivity index (χ0v) is 17.0. The number of carbonyl (C=O) groups excluding carboxylic acids is 2. The smallest absolute Gasteiger partial charge is 0.257 e. The highest BCUT2D eigenvalue weighted by molar-refractivity contribution is 9.10. The Labute approximate surface area is 166 Å². The summed E-state index contributed by atoms with van der Waals surface area (Å²) in [5.74, 6) is -0.252. The van der Waals surface area contributed by atoms with Gasteiger partial charge in [-0.2, -0.15) is 0 Å². The monoisotopic (exact) mass is 434 g/mol. The predicted octanol–water partition coefficient (Wildman–Crippen LogP) is 5.29. The van der Waals surface area contributed by atoms with Gasteiger partial charge in [-0.1, -0.05) is 47.4 Å². The van der Waals surface area contributed by atoms with Crippen LogP contribution in [0.15, 0.2) is 40.9 Å². The fourth-order valence-corrected chi connectivity index (χ4v) is 3.63. The second kappa shape index (κ2) is 7.80. The molecule has 0 radical (unpaired) electrons. The highest BCUT2D eigenvalue weighted by Gasteiger charge is 2.25. The molecule has 0 aromatic heterocycles. The van der Waals surface area contributed by atoms with E-state index >= 15 is 0 Å². The number of halogens is 2. The Bertz CT molecular complexity index is 867. The number of amides is 2. The van der Waals surface area contributed by atoms with E-state index in [0.717, 1.165) is 28.6 Å². The van der Waals surface area contributed by atoms with Gasteiger partial charge in [0, 0.05) is 28.3 Å². The van der Waals surface area contributed by atoms with Gasteiger partial charge in [-0.15, -0.1) is 0 Å². The number of rotatable bonds is 3. The Morgan fingerprint density at radius 2 is 1.96 bits per heavy atom. The molecular formula is C20H20BrClN2O2. The van der Waals surface area contributed by atoms with Crippen LogP contribution in [0, 0.1) is 5.92 Å². The van der Waals surface area contributed by atoms with E-state index in [1.54, 1.807) is 18.2 Å². The topological polar surface area (TPSA) is 49.4 Å². The van der Waals surface area contributed by atoms with Gasteiger partial charge in [-0.25, -0.2) is 0 Å². The second-order valence-corrected chi connectivity index (χ2v) is 7.99. The van der Waals surface area contributed by atoms with Crippen molar-refractivity contribution < 1.29 is 9.59 Å². The van der Waals surface area contributed by atoms with Crippen LogP contribution < -0.4 is 10.2 Å². The van der Waals surface area contributed by atoms with Crippen LogP contribution in [0.4, 0.5) is 11.4 Å². The lowest BCUT2D eigenvalue weighted by molar-refractivity contribution is -0.121. The van der Waals surface area contributed by atoms with Crippen LogP contribution in [-0.2, 0) is 11.2 Å². The van der Waals surface area contributed by atoms with Crippen LogP contribution in [-0.4, -0.2) is 18.4 Å². The molecule has 1 heterocycles. The van der Waals surface area contributed by atoms with E-state index in [-0.39, 0.29) is 17.7 Å². The number of hydrogen-bond donors (Lipinski definition) is 1. The highest BCUT2D eigenvalue weighted by Crippen LogP contribution is 2.31. The Morgan fingerprint density at radius 3 is 2.69 bits per heavy atom. The van der Waals surface area contributed by atoms with Crippen LogP contribution in [0.1, 0.15) is 36.2 Å². The van der Waals surface area contributed by atoms with Gasteiger partial charge >= 0.3 is 0 Å². The maximum Gasteiger partial charge on any atom is 0.257 e. The van der Waals surface area contributed by atoms with E-state index in [4.69, 9.17) is 11.6 Å². The number of nitrogens with zero attached hydrogens (tertiary/aromatic N) is 1. The fraction of sp³-hybridized carbons (Fsp3) is 0.300. The van der Waals surface area contributed by atoms with Crippen molar-refractivity contribution in [3.63, 3.8) is 0 Å². The van der Waals surface area contributed by atoms with Crippen LogP contribution in [0.25, 0.3) is 0 Å². The number of fused-ring (bicyclic) bond motifs is 1. The molecule has 0 aliphatic carbocycles. The molecule has 0 bridgehead atoms. The van der Waals surface area contributed by atoms with Gasteiger partial charge in [0.1, 0.15) is 0 Å². The molecule has 0 atom stereocenters.